The average Bonchev–Trinajstić information content (AvgIpc) is 2.63. The molecule has 0 amide bonds. The summed E-state index contributed by atoms with van der Waals surface area (Å²) >= 11 is 3.57. The van der Waals surface area contributed by atoms with E-state index in [-0.39, 0.29) is 5.41 Å². The Hall–Kier alpha value is -1.81. The topological polar surface area (TPSA) is 46.5 Å². The van der Waals surface area contributed by atoms with Gasteiger partial charge in [0.2, 0.25) is 0 Å². The zero-order valence-electron chi connectivity index (χ0n) is 15.0. The van der Waals surface area contributed by atoms with Crippen LogP contribution in [0.4, 0.5) is 0 Å². The number of ether oxygens (including phenoxy) is 1. The van der Waals surface area contributed by atoms with Crippen molar-refractivity contribution in [3.63, 3.8) is 0 Å². The van der Waals surface area contributed by atoms with Gasteiger partial charge in [0.1, 0.15) is 12.4 Å². The molecule has 0 unspecified atom stereocenters. The fourth-order valence-electron chi connectivity index (χ4n) is 3.41. The second kappa shape index (κ2) is 8.52. The zero-order chi connectivity index (χ0) is 18.4. The van der Waals surface area contributed by atoms with Gasteiger partial charge in [-0.05, 0) is 58.3 Å². The van der Waals surface area contributed by atoms with Crippen molar-refractivity contribution >= 4 is 21.9 Å². The van der Waals surface area contributed by atoms with Crippen molar-refractivity contribution < 1.29 is 14.6 Å². The summed E-state index contributed by atoms with van der Waals surface area (Å²) in [4.78, 5) is 11.9. The van der Waals surface area contributed by atoms with Gasteiger partial charge in [-0.15, -0.1) is 0 Å². The third-order valence-corrected chi connectivity index (χ3v) is 5.75. The van der Waals surface area contributed by atoms with E-state index in [0.717, 1.165) is 34.9 Å². The molecule has 0 aromatic heterocycles. The number of carboxylic acid groups (broad SMARTS) is 1. The molecule has 1 N–H and O–H groups in total. The molecule has 2 aromatic rings. The number of hydrogen-bond acceptors (Lipinski definition) is 2. The SMILES string of the molecule is CCC(CC)(CC)c1c(C(=O)O)ccc(Br)c1OCc1ccccc1. The second-order valence-corrected chi connectivity index (χ2v) is 7.07. The Balaban J connectivity index is 2.57. The summed E-state index contributed by atoms with van der Waals surface area (Å²) in [5.74, 6) is -0.263. The van der Waals surface area contributed by atoms with Crippen LogP contribution in [0.5, 0.6) is 5.75 Å². The molecule has 134 valence electrons. The van der Waals surface area contributed by atoms with Crippen LogP contribution in [0.25, 0.3) is 0 Å². The number of halogens is 1. The Morgan fingerprint density at radius 2 is 1.64 bits per heavy atom. The highest BCUT2D eigenvalue weighted by atomic mass is 79.9. The van der Waals surface area contributed by atoms with Crippen LogP contribution < -0.4 is 4.74 Å². The molecule has 3 nitrogen and oxygen atoms in total. The number of hydrogen-bond donors (Lipinski definition) is 1. The van der Waals surface area contributed by atoms with Crippen LogP contribution in [0.1, 0.15) is 61.5 Å². The molecular weight excluding hydrogens is 380 g/mol. The number of carboxylic acids is 1. The molecule has 2 rings (SSSR count). The van der Waals surface area contributed by atoms with E-state index >= 15 is 0 Å². The molecule has 2 aromatic carbocycles. The lowest BCUT2D eigenvalue weighted by Gasteiger charge is -2.34. The van der Waals surface area contributed by atoms with Crippen LogP contribution in [-0.2, 0) is 12.0 Å². The van der Waals surface area contributed by atoms with Gasteiger partial charge in [-0.1, -0.05) is 51.1 Å². The Labute approximate surface area is 158 Å². The summed E-state index contributed by atoms with van der Waals surface area (Å²) in [5.41, 5.74) is 1.97. The molecule has 0 atom stereocenters. The number of rotatable bonds is 8. The maximum Gasteiger partial charge on any atom is 0.336 e. The molecule has 0 aliphatic carbocycles. The fourth-order valence-corrected chi connectivity index (χ4v) is 3.86. The fraction of sp³-hybridized carbons (Fsp3) is 0.381. The highest BCUT2D eigenvalue weighted by molar-refractivity contribution is 9.10. The van der Waals surface area contributed by atoms with Gasteiger partial charge in [-0.25, -0.2) is 4.79 Å². The first kappa shape index (κ1) is 19.5. The Morgan fingerprint density at radius 1 is 1.04 bits per heavy atom. The van der Waals surface area contributed by atoms with E-state index in [1.54, 1.807) is 12.1 Å². The highest BCUT2D eigenvalue weighted by Gasteiger charge is 2.35. The number of aromatic carboxylic acids is 1. The highest BCUT2D eigenvalue weighted by Crippen LogP contribution is 2.45. The predicted octanol–water partition coefficient (Wildman–Crippen LogP) is 6.19. The van der Waals surface area contributed by atoms with E-state index in [4.69, 9.17) is 4.74 Å². The van der Waals surface area contributed by atoms with E-state index in [9.17, 15) is 9.90 Å². The van der Waals surface area contributed by atoms with Gasteiger partial charge in [0.25, 0.3) is 0 Å². The molecule has 0 aliphatic heterocycles. The first-order chi connectivity index (χ1) is 12.0. The van der Waals surface area contributed by atoms with Crippen LogP contribution in [0, 0.1) is 0 Å². The van der Waals surface area contributed by atoms with Gasteiger partial charge in [0.15, 0.2) is 0 Å². The van der Waals surface area contributed by atoms with Gasteiger partial charge < -0.3 is 9.84 Å². The van der Waals surface area contributed by atoms with Crippen molar-refractivity contribution in [3.05, 3.63) is 63.6 Å². The average molecular weight is 405 g/mol. The molecule has 0 radical (unpaired) electrons. The standard InChI is InChI=1S/C21H25BrO3/c1-4-21(5-2,6-3)18-16(20(23)24)12-13-17(22)19(18)25-14-15-10-8-7-9-11-15/h7-13H,4-6,14H2,1-3H3,(H,23,24). The number of benzene rings is 2. The lowest BCUT2D eigenvalue weighted by molar-refractivity contribution is 0.0692. The lowest BCUT2D eigenvalue weighted by Crippen LogP contribution is -2.27. The maximum absolute atomic E-state index is 11.9. The third-order valence-electron chi connectivity index (χ3n) is 5.13. The van der Waals surface area contributed by atoms with Crippen molar-refractivity contribution in [2.24, 2.45) is 0 Å². The minimum absolute atomic E-state index is 0.219. The monoisotopic (exact) mass is 404 g/mol. The van der Waals surface area contributed by atoms with Crippen molar-refractivity contribution in [3.8, 4) is 5.75 Å². The third kappa shape index (κ3) is 4.06. The molecule has 4 heteroatoms. The first-order valence-electron chi connectivity index (χ1n) is 8.72. The second-order valence-electron chi connectivity index (χ2n) is 6.22. The van der Waals surface area contributed by atoms with Crippen LogP contribution in [0.15, 0.2) is 46.9 Å². The Bertz CT molecular complexity index is 713. The minimum atomic E-state index is -0.910. The van der Waals surface area contributed by atoms with E-state index in [2.05, 4.69) is 36.7 Å². The summed E-state index contributed by atoms with van der Waals surface area (Å²) in [6.07, 6.45) is 2.58. The van der Waals surface area contributed by atoms with E-state index in [1.165, 1.54) is 0 Å². The van der Waals surface area contributed by atoms with E-state index < -0.39 is 5.97 Å². The molecule has 0 fully saturated rings. The van der Waals surface area contributed by atoms with Crippen LogP contribution >= 0.6 is 15.9 Å². The van der Waals surface area contributed by atoms with E-state index in [0.29, 0.717) is 17.9 Å². The quantitative estimate of drug-likeness (QED) is 0.569. The van der Waals surface area contributed by atoms with Crippen LogP contribution in [0.2, 0.25) is 0 Å². The molecule has 0 aliphatic rings. The molecule has 0 heterocycles. The van der Waals surface area contributed by atoms with Gasteiger partial charge in [0, 0.05) is 5.56 Å². The Kier molecular flexibility index (Phi) is 6.65. The largest absolute Gasteiger partial charge is 0.487 e. The van der Waals surface area contributed by atoms with Crippen molar-refractivity contribution in [1.82, 2.24) is 0 Å². The first-order valence-corrected chi connectivity index (χ1v) is 9.51. The van der Waals surface area contributed by atoms with Crippen LogP contribution in [0.3, 0.4) is 0 Å². The smallest absolute Gasteiger partial charge is 0.336 e. The molecular formula is C21H25BrO3. The van der Waals surface area contributed by atoms with Gasteiger partial charge in [-0.2, -0.15) is 0 Å². The lowest BCUT2D eigenvalue weighted by atomic mass is 9.71. The summed E-state index contributed by atoms with van der Waals surface area (Å²) < 4.78 is 6.94. The predicted molar refractivity (Wildman–Crippen MR) is 104 cm³/mol. The molecule has 0 saturated carbocycles. The summed E-state index contributed by atoms with van der Waals surface area (Å²) in [6, 6.07) is 13.3. The summed E-state index contributed by atoms with van der Waals surface area (Å²) in [7, 11) is 0. The summed E-state index contributed by atoms with van der Waals surface area (Å²) in [5, 5.41) is 9.75. The van der Waals surface area contributed by atoms with Gasteiger partial charge in [-0.3, -0.25) is 0 Å². The van der Waals surface area contributed by atoms with E-state index in [1.807, 2.05) is 30.3 Å². The normalized spacial score (nSPS) is 11.4. The van der Waals surface area contributed by atoms with Crippen molar-refractivity contribution in [2.75, 3.05) is 0 Å². The maximum atomic E-state index is 11.9. The Morgan fingerprint density at radius 3 is 2.16 bits per heavy atom. The van der Waals surface area contributed by atoms with Crippen molar-refractivity contribution in [1.29, 1.82) is 0 Å². The van der Waals surface area contributed by atoms with Crippen LogP contribution in [-0.4, -0.2) is 11.1 Å². The molecule has 0 bridgehead atoms. The number of carbonyl (C=O) groups is 1. The van der Waals surface area contributed by atoms with Gasteiger partial charge in [0.05, 0.1) is 10.0 Å². The van der Waals surface area contributed by atoms with Crippen molar-refractivity contribution in [2.45, 2.75) is 52.1 Å². The molecule has 0 spiro atoms. The molecule has 25 heavy (non-hydrogen) atoms. The minimum Gasteiger partial charge on any atom is -0.487 e. The zero-order valence-corrected chi connectivity index (χ0v) is 16.6. The van der Waals surface area contributed by atoms with Gasteiger partial charge >= 0.3 is 5.97 Å². The molecule has 0 saturated heterocycles. The summed E-state index contributed by atoms with van der Waals surface area (Å²) in [6.45, 7) is 6.74.